The SMILES string of the molecule is O=C(NC1(c2nc(C3CC3)no2)CCCCC1)c1cc2cc(Cl)ccc2[nH]1. The fourth-order valence-corrected chi connectivity index (χ4v) is 4.18. The van der Waals surface area contributed by atoms with Crippen LogP contribution in [0.1, 0.15) is 73.1 Å². The van der Waals surface area contributed by atoms with E-state index in [1.807, 2.05) is 24.3 Å². The number of amides is 1. The van der Waals surface area contributed by atoms with E-state index in [9.17, 15) is 4.79 Å². The Bertz CT molecular complexity index is 999. The minimum Gasteiger partial charge on any atom is -0.351 e. The zero-order chi connectivity index (χ0) is 18.4. The first-order chi connectivity index (χ1) is 13.1. The highest BCUT2D eigenvalue weighted by molar-refractivity contribution is 6.31. The first kappa shape index (κ1) is 16.8. The Morgan fingerprint density at radius 1 is 1.22 bits per heavy atom. The van der Waals surface area contributed by atoms with Crippen LogP contribution in [0, 0.1) is 0 Å². The Balaban J connectivity index is 1.45. The molecule has 0 aliphatic heterocycles. The van der Waals surface area contributed by atoms with E-state index in [2.05, 4.69) is 20.4 Å². The summed E-state index contributed by atoms with van der Waals surface area (Å²) in [4.78, 5) is 20.9. The van der Waals surface area contributed by atoms with E-state index in [-0.39, 0.29) is 5.91 Å². The summed E-state index contributed by atoms with van der Waals surface area (Å²) in [6.07, 6.45) is 7.10. The highest BCUT2D eigenvalue weighted by atomic mass is 35.5. The van der Waals surface area contributed by atoms with E-state index < -0.39 is 5.54 Å². The van der Waals surface area contributed by atoms with Gasteiger partial charge in [0.1, 0.15) is 11.2 Å². The molecule has 2 aliphatic rings. The largest absolute Gasteiger partial charge is 0.351 e. The number of rotatable bonds is 4. The van der Waals surface area contributed by atoms with Gasteiger partial charge in [-0.15, -0.1) is 0 Å². The van der Waals surface area contributed by atoms with Gasteiger partial charge in [0.05, 0.1) is 0 Å². The van der Waals surface area contributed by atoms with Crippen molar-refractivity contribution in [2.24, 2.45) is 0 Å². The zero-order valence-electron chi connectivity index (χ0n) is 14.9. The van der Waals surface area contributed by atoms with E-state index in [1.165, 1.54) is 0 Å². The van der Waals surface area contributed by atoms with Crippen LogP contribution in [0.25, 0.3) is 10.9 Å². The maximum absolute atomic E-state index is 13.0. The molecule has 2 N–H and O–H groups in total. The third kappa shape index (κ3) is 3.12. The van der Waals surface area contributed by atoms with Gasteiger partial charge in [0.15, 0.2) is 5.82 Å². The molecule has 2 saturated carbocycles. The van der Waals surface area contributed by atoms with Gasteiger partial charge in [-0.2, -0.15) is 4.98 Å². The number of nitrogens with zero attached hydrogens (tertiary/aromatic N) is 2. The molecule has 2 aliphatic carbocycles. The number of H-pyrrole nitrogens is 1. The Kier molecular flexibility index (Phi) is 3.97. The quantitative estimate of drug-likeness (QED) is 0.684. The monoisotopic (exact) mass is 384 g/mol. The number of hydrogen-bond donors (Lipinski definition) is 2. The highest BCUT2D eigenvalue weighted by Gasteiger charge is 2.42. The fraction of sp³-hybridized carbons (Fsp3) is 0.450. The summed E-state index contributed by atoms with van der Waals surface area (Å²) >= 11 is 6.06. The van der Waals surface area contributed by atoms with Crippen molar-refractivity contribution in [1.29, 1.82) is 0 Å². The maximum atomic E-state index is 13.0. The normalized spacial score (nSPS) is 19.3. The summed E-state index contributed by atoms with van der Waals surface area (Å²) in [7, 11) is 0. The summed E-state index contributed by atoms with van der Waals surface area (Å²) in [5.74, 6) is 1.61. The molecule has 0 spiro atoms. The molecule has 3 aromatic rings. The summed E-state index contributed by atoms with van der Waals surface area (Å²) in [6.45, 7) is 0. The molecule has 0 unspecified atom stereocenters. The number of nitrogens with one attached hydrogen (secondary N) is 2. The molecular formula is C20H21ClN4O2. The fourth-order valence-electron chi connectivity index (χ4n) is 3.99. The van der Waals surface area contributed by atoms with Crippen molar-refractivity contribution in [2.45, 2.75) is 56.4 Å². The number of halogens is 1. The van der Waals surface area contributed by atoms with Gasteiger partial charge in [0.25, 0.3) is 11.8 Å². The van der Waals surface area contributed by atoms with Gasteiger partial charge < -0.3 is 14.8 Å². The van der Waals surface area contributed by atoms with Crippen molar-refractivity contribution < 1.29 is 9.32 Å². The van der Waals surface area contributed by atoms with Crippen LogP contribution >= 0.6 is 11.6 Å². The van der Waals surface area contributed by atoms with Crippen LogP contribution in [0.4, 0.5) is 0 Å². The van der Waals surface area contributed by atoms with Gasteiger partial charge in [-0.25, -0.2) is 0 Å². The molecule has 27 heavy (non-hydrogen) atoms. The van der Waals surface area contributed by atoms with Crippen molar-refractivity contribution in [3.05, 3.63) is 46.7 Å². The number of benzene rings is 1. The minimum atomic E-state index is -0.579. The maximum Gasteiger partial charge on any atom is 0.268 e. The Hall–Kier alpha value is -2.34. The predicted molar refractivity (Wildman–Crippen MR) is 102 cm³/mol. The molecule has 0 bridgehead atoms. The van der Waals surface area contributed by atoms with Crippen molar-refractivity contribution in [3.8, 4) is 0 Å². The number of hydrogen-bond acceptors (Lipinski definition) is 4. The second-order valence-corrected chi connectivity index (χ2v) is 8.18. The van der Waals surface area contributed by atoms with Crippen LogP contribution < -0.4 is 5.32 Å². The predicted octanol–water partition coefficient (Wildman–Crippen LogP) is 4.67. The summed E-state index contributed by atoms with van der Waals surface area (Å²) < 4.78 is 5.62. The molecule has 2 fully saturated rings. The van der Waals surface area contributed by atoms with Crippen molar-refractivity contribution in [3.63, 3.8) is 0 Å². The van der Waals surface area contributed by atoms with Gasteiger partial charge in [-0.1, -0.05) is 36.0 Å². The molecule has 0 radical (unpaired) electrons. The molecule has 7 heteroatoms. The third-order valence-corrected chi connectivity index (χ3v) is 5.92. The molecule has 1 amide bonds. The standard InChI is InChI=1S/C20H21ClN4O2/c21-14-6-7-15-13(10-14)11-16(22-15)18(26)24-20(8-2-1-3-9-20)19-23-17(25-27-19)12-4-5-12/h6-7,10-12,22H,1-5,8-9H2,(H,24,26). The lowest BCUT2D eigenvalue weighted by molar-refractivity contribution is 0.0820. The Morgan fingerprint density at radius 2 is 2.04 bits per heavy atom. The number of carbonyl (C=O) groups excluding carboxylic acids is 1. The van der Waals surface area contributed by atoms with Crippen LogP contribution in [-0.2, 0) is 5.54 Å². The molecule has 140 valence electrons. The first-order valence-electron chi connectivity index (χ1n) is 9.58. The smallest absolute Gasteiger partial charge is 0.268 e. The topological polar surface area (TPSA) is 83.8 Å². The van der Waals surface area contributed by atoms with E-state index in [0.717, 1.165) is 61.7 Å². The van der Waals surface area contributed by atoms with Gasteiger partial charge in [0.2, 0.25) is 0 Å². The molecule has 5 rings (SSSR count). The molecule has 1 aromatic carbocycles. The molecule has 2 aromatic heterocycles. The van der Waals surface area contributed by atoms with Crippen LogP contribution in [0.3, 0.4) is 0 Å². The van der Waals surface area contributed by atoms with Crippen LogP contribution in [0.2, 0.25) is 5.02 Å². The lowest BCUT2D eigenvalue weighted by atomic mass is 9.81. The number of aromatic nitrogens is 3. The van der Waals surface area contributed by atoms with Crippen molar-refractivity contribution in [2.75, 3.05) is 0 Å². The van der Waals surface area contributed by atoms with Crippen molar-refractivity contribution in [1.82, 2.24) is 20.4 Å². The Labute approximate surface area is 161 Å². The zero-order valence-corrected chi connectivity index (χ0v) is 15.7. The van der Waals surface area contributed by atoms with Gasteiger partial charge in [0, 0.05) is 21.8 Å². The number of aromatic amines is 1. The van der Waals surface area contributed by atoms with E-state index in [0.29, 0.717) is 22.5 Å². The number of carbonyl (C=O) groups is 1. The summed E-state index contributed by atoms with van der Waals surface area (Å²) in [5, 5.41) is 8.94. The van der Waals surface area contributed by atoms with E-state index in [4.69, 9.17) is 16.1 Å². The minimum absolute atomic E-state index is 0.157. The van der Waals surface area contributed by atoms with Gasteiger partial charge in [-0.3, -0.25) is 4.79 Å². The summed E-state index contributed by atoms with van der Waals surface area (Å²) in [6, 6.07) is 7.37. The molecule has 2 heterocycles. The summed E-state index contributed by atoms with van der Waals surface area (Å²) in [5.41, 5.74) is 0.819. The lowest BCUT2D eigenvalue weighted by Gasteiger charge is -2.34. The number of fused-ring (bicyclic) bond motifs is 1. The molecule has 6 nitrogen and oxygen atoms in total. The van der Waals surface area contributed by atoms with Gasteiger partial charge >= 0.3 is 0 Å². The second-order valence-electron chi connectivity index (χ2n) is 7.74. The van der Waals surface area contributed by atoms with Crippen LogP contribution in [-0.4, -0.2) is 21.0 Å². The van der Waals surface area contributed by atoms with E-state index in [1.54, 1.807) is 0 Å². The van der Waals surface area contributed by atoms with E-state index >= 15 is 0 Å². The average Bonchev–Trinajstić information content (AvgIpc) is 3.24. The average molecular weight is 385 g/mol. The Morgan fingerprint density at radius 3 is 2.81 bits per heavy atom. The molecular weight excluding hydrogens is 364 g/mol. The second kappa shape index (κ2) is 6.37. The van der Waals surface area contributed by atoms with Crippen LogP contribution in [0.15, 0.2) is 28.8 Å². The lowest BCUT2D eigenvalue weighted by Crippen LogP contribution is -2.47. The third-order valence-electron chi connectivity index (χ3n) is 5.68. The van der Waals surface area contributed by atoms with Crippen LogP contribution in [0.5, 0.6) is 0 Å². The highest BCUT2D eigenvalue weighted by Crippen LogP contribution is 2.41. The van der Waals surface area contributed by atoms with Gasteiger partial charge in [-0.05, 0) is 49.9 Å². The molecule has 0 saturated heterocycles. The molecule has 0 atom stereocenters. The van der Waals surface area contributed by atoms with Crippen molar-refractivity contribution >= 4 is 28.4 Å². The first-order valence-corrected chi connectivity index (χ1v) is 9.96.